The summed E-state index contributed by atoms with van der Waals surface area (Å²) < 4.78 is 1.79. The van der Waals surface area contributed by atoms with Gasteiger partial charge in [0, 0.05) is 43.5 Å². The number of carbonyl (C=O) groups excluding carboxylic acids is 4. The molecule has 3 unspecified atom stereocenters. The van der Waals surface area contributed by atoms with Gasteiger partial charge in [-0.05, 0) is 37.7 Å². The molecule has 12 heteroatoms. The zero-order chi connectivity index (χ0) is 28.1. The van der Waals surface area contributed by atoms with Crippen molar-refractivity contribution in [1.82, 2.24) is 29.7 Å². The lowest BCUT2D eigenvalue weighted by atomic mass is 10.1. The molecule has 40 heavy (non-hydrogen) atoms. The number of carbonyl (C=O) groups is 4. The Hall–Kier alpha value is -4.06. The predicted octanol–water partition coefficient (Wildman–Crippen LogP) is 1.90. The number of fused-ring (bicyclic) bond motifs is 1. The van der Waals surface area contributed by atoms with Crippen LogP contribution in [0.2, 0.25) is 0 Å². The number of anilines is 1. The number of aryl methyl sites for hydroxylation is 2. The van der Waals surface area contributed by atoms with Crippen molar-refractivity contribution in [3.8, 4) is 0 Å². The fraction of sp³-hybridized carbons (Fsp3) is 0.429. The number of rotatable bonds is 11. The lowest BCUT2D eigenvalue weighted by Crippen LogP contribution is -2.60. The molecule has 2 saturated heterocycles. The monoisotopic (exact) mass is 563 g/mol. The van der Waals surface area contributed by atoms with Gasteiger partial charge in [-0.25, -0.2) is 9.97 Å². The van der Waals surface area contributed by atoms with Crippen molar-refractivity contribution in [3.63, 3.8) is 0 Å². The summed E-state index contributed by atoms with van der Waals surface area (Å²) >= 11 is 1.23. The number of ketones is 1. The predicted molar refractivity (Wildman–Crippen MR) is 149 cm³/mol. The van der Waals surface area contributed by atoms with Crippen LogP contribution in [0.5, 0.6) is 0 Å². The van der Waals surface area contributed by atoms with E-state index in [9.17, 15) is 19.2 Å². The van der Waals surface area contributed by atoms with Gasteiger partial charge in [0.25, 0.3) is 0 Å². The summed E-state index contributed by atoms with van der Waals surface area (Å²) in [5.74, 6) is -0.508. The topological polar surface area (TPSA) is 144 Å². The van der Waals surface area contributed by atoms with Gasteiger partial charge in [-0.15, -0.1) is 11.3 Å². The second-order valence-electron chi connectivity index (χ2n) is 10.2. The van der Waals surface area contributed by atoms with E-state index < -0.39 is 12.1 Å². The van der Waals surface area contributed by atoms with Crippen LogP contribution in [0.3, 0.4) is 0 Å². The van der Waals surface area contributed by atoms with Crippen molar-refractivity contribution >= 4 is 40.8 Å². The number of aromatic nitrogens is 3. The zero-order valence-electron chi connectivity index (χ0n) is 22.1. The molecule has 3 N–H and O–H groups in total. The van der Waals surface area contributed by atoms with Crippen molar-refractivity contribution in [2.75, 3.05) is 18.8 Å². The largest absolute Gasteiger partial charge is 0.369 e. The van der Waals surface area contributed by atoms with Gasteiger partial charge in [0.1, 0.15) is 6.04 Å². The van der Waals surface area contributed by atoms with Crippen LogP contribution in [0.4, 0.5) is 5.95 Å². The highest BCUT2D eigenvalue weighted by Gasteiger charge is 2.46. The minimum atomic E-state index is -0.779. The van der Waals surface area contributed by atoms with E-state index >= 15 is 0 Å². The molecule has 0 saturated carbocycles. The summed E-state index contributed by atoms with van der Waals surface area (Å²) in [5, 5.41) is 4.97. The third kappa shape index (κ3) is 6.22. The van der Waals surface area contributed by atoms with Crippen molar-refractivity contribution in [2.24, 2.45) is 0 Å². The first-order valence-corrected chi connectivity index (χ1v) is 14.4. The average Bonchev–Trinajstić information content (AvgIpc) is 3.73. The zero-order valence-corrected chi connectivity index (χ0v) is 23.0. The smallest absolute Gasteiger partial charge is 0.243 e. The van der Waals surface area contributed by atoms with E-state index in [-0.39, 0.29) is 36.1 Å². The molecule has 3 atom stereocenters. The molecule has 210 valence electrons. The lowest BCUT2D eigenvalue weighted by molar-refractivity contribution is -0.151. The summed E-state index contributed by atoms with van der Waals surface area (Å²) in [4.78, 5) is 64.1. The van der Waals surface area contributed by atoms with Gasteiger partial charge in [-0.2, -0.15) is 0 Å². The third-order valence-corrected chi connectivity index (χ3v) is 8.38. The van der Waals surface area contributed by atoms with E-state index in [1.165, 1.54) is 11.3 Å². The SMILES string of the molecule is Nc1nccn1CCCC(NC(=O)C1CCC2CN(C(=O)CCc3ccccc3)CC(=O)N21)C(=O)c1nccs1. The van der Waals surface area contributed by atoms with Crippen LogP contribution in [0.25, 0.3) is 0 Å². The number of nitrogens with one attached hydrogen (secondary N) is 1. The number of imidazole rings is 1. The Morgan fingerprint density at radius 3 is 2.67 bits per heavy atom. The van der Waals surface area contributed by atoms with Gasteiger partial charge in [-0.1, -0.05) is 30.3 Å². The molecule has 2 fully saturated rings. The summed E-state index contributed by atoms with van der Waals surface area (Å²) in [7, 11) is 0. The van der Waals surface area contributed by atoms with Gasteiger partial charge >= 0.3 is 0 Å². The quantitative estimate of drug-likeness (QED) is 0.339. The second kappa shape index (κ2) is 12.4. The van der Waals surface area contributed by atoms with E-state index in [1.54, 1.807) is 38.3 Å². The van der Waals surface area contributed by atoms with Gasteiger partial charge < -0.3 is 25.4 Å². The number of hydrogen-bond donors (Lipinski definition) is 2. The van der Waals surface area contributed by atoms with Gasteiger partial charge in [-0.3, -0.25) is 19.2 Å². The Morgan fingerprint density at radius 2 is 1.95 bits per heavy atom. The molecule has 0 radical (unpaired) electrons. The highest BCUT2D eigenvalue weighted by atomic mass is 32.1. The second-order valence-corrected chi connectivity index (χ2v) is 11.1. The van der Waals surface area contributed by atoms with Crippen LogP contribution < -0.4 is 11.1 Å². The molecule has 0 bridgehead atoms. The Balaban J connectivity index is 1.19. The van der Waals surface area contributed by atoms with E-state index in [0.29, 0.717) is 62.6 Å². The Bertz CT molecular complexity index is 1340. The van der Waals surface area contributed by atoms with E-state index in [0.717, 1.165) is 5.56 Å². The molecule has 2 aliphatic rings. The van der Waals surface area contributed by atoms with Crippen LogP contribution in [-0.2, 0) is 27.3 Å². The van der Waals surface area contributed by atoms with Crippen LogP contribution >= 0.6 is 11.3 Å². The Kier molecular flexibility index (Phi) is 8.54. The standard InChI is InChI=1S/C28H33N7O4S/c29-28-31-12-15-33(28)14-4-7-21(25(38)27-30-13-16-40-27)32-26(39)22-10-9-20-17-34(18-24(37)35(20)22)23(36)11-8-19-5-2-1-3-6-19/h1-3,5-6,12-13,15-16,20-22H,4,7-11,14,17-18H2,(H2,29,31)(H,32,39). The first kappa shape index (κ1) is 27.5. The Labute approximate surface area is 236 Å². The normalized spacial score (nSPS) is 19.4. The summed E-state index contributed by atoms with van der Waals surface area (Å²) in [5.41, 5.74) is 6.93. The molecule has 5 rings (SSSR count). The molecule has 4 heterocycles. The number of benzene rings is 1. The van der Waals surface area contributed by atoms with Crippen LogP contribution in [-0.4, -0.2) is 79.1 Å². The van der Waals surface area contributed by atoms with Gasteiger partial charge in [0.15, 0.2) is 11.0 Å². The van der Waals surface area contributed by atoms with Crippen molar-refractivity contribution in [2.45, 2.75) is 63.2 Å². The van der Waals surface area contributed by atoms with Crippen LogP contribution in [0.15, 0.2) is 54.3 Å². The molecule has 2 aromatic heterocycles. The minimum Gasteiger partial charge on any atom is -0.369 e. The number of hydrogen-bond acceptors (Lipinski definition) is 8. The van der Waals surface area contributed by atoms with Crippen molar-refractivity contribution in [3.05, 3.63) is 64.9 Å². The van der Waals surface area contributed by atoms with E-state index in [1.807, 2.05) is 30.3 Å². The fourth-order valence-corrected chi connectivity index (χ4v) is 6.16. The maximum Gasteiger partial charge on any atom is 0.243 e. The van der Waals surface area contributed by atoms with Gasteiger partial charge in [0.05, 0.1) is 18.6 Å². The lowest BCUT2D eigenvalue weighted by Gasteiger charge is -2.39. The van der Waals surface area contributed by atoms with Gasteiger partial charge in [0.2, 0.25) is 23.5 Å². The number of nitrogens with zero attached hydrogens (tertiary/aromatic N) is 5. The summed E-state index contributed by atoms with van der Waals surface area (Å²) in [6.07, 6.45) is 7.96. The number of thiazole rings is 1. The number of Topliss-reactive ketones (excluding diaryl/α,β-unsaturated/α-hetero) is 1. The van der Waals surface area contributed by atoms with Crippen molar-refractivity contribution in [1.29, 1.82) is 0 Å². The fourth-order valence-electron chi connectivity index (χ4n) is 5.53. The molecule has 3 aromatic rings. The highest BCUT2D eigenvalue weighted by molar-refractivity contribution is 7.11. The summed E-state index contributed by atoms with van der Waals surface area (Å²) in [6.45, 7) is 0.923. The third-order valence-electron chi connectivity index (χ3n) is 7.59. The van der Waals surface area contributed by atoms with Crippen molar-refractivity contribution < 1.29 is 19.2 Å². The summed E-state index contributed by atoms with van der Waals surface area (Å²) in [6, 6.07) is 8.12. The molecule has 0 spiro atoms. The molecule has 11 nitrogen and oxygen atoms in total. The first-order chi connectivity index (χ1) is 19.4. The number of nitrogens with two attached hydrogens (primary N) is 1. The minimum absolute atomic E-state index is 0.0400. The molecule has 3 amide bonds. The first-order valence-electron chi connectivity index (χ1n) is 13.5. The number of amides is 3. The molecular weight excluding hydrogens is 530 g/mol. The number of nitrogen functional groups attached to an aromatic ring is 1. The molecule has 2 aliphatic heterocycles. The highest BCUT2D eigenvalue weighted by Crippen LogP contribution is 2.29. The Morgan fingerprint density at radius 1 is 1.12 bits per heavy atom. The molecule has 1 aromatic carbocycles. The van der Waals surface area contributed by atoms with E-state index in [2.05, 4.69) is 15.3 Å². The number of piperazine rings is 1. The molecular formula is C28H33N7O4S. The average molecular weight is 564 g/mol. The van der Waals surface area contributed by atoms with Crippen LogP contribution in [0.1, 0.15) is 47.5 Å². The van der Waals surface area contributed by atoms with E-state index in [4.69, 9.17) is 5.73 Å². The maximum atomic E-state index is 13.5. The maximum absolute atomic E-state index is 13.5. The van der Waals surface area contributed by atoms with Crippen LogP contribution in [0, 0.1) is 0 Å². The molecule has 0 aliphatic carbocycles.